The van der Waals surface area contributed by atoms with E-state index in [0.717, 1.165) is 46.3 Å². The molecule has 178 valence electrons. The molecule has 0 aliphatic heterocycles. The van der Waals surface area contributed by atoms with Gasteiger partial charge in [0.2, 0.25) is 0 Å². The zero-order valence-electron chi connectivity index (χ0n) is 18.8. The lowest BCUT2D eigenvalue weighted by molar-refractivity contribution is 0.265. The van der Waals surface area contributed by atoms with Crippen molar-refractivity contribution in [3.8, 4) is 11.5 Å². The third-order valence-corrected chi connectivity index (χ3v) is 6.46. The lowest BCUT2D eigenvalue weighted by atomic mass is 10.2. The Labute approximate surface area is 211 Å². The molecule has 0 saturated carbocycles. The molecule has 0 aliphatic rings. The van der Waals surface area contributed by atoms with Gasteiger partial charge in [-0.25, -0.2) is 9.37 Å². The van der Waals surface area contributed by atoms with Crippen LogP contribution >= 0.6 is 27.5 Å². The zero-order valence-corrected chi connectivity index (χ0v) is 21.2. The number of nitrogens with zero attached hydrogens (tertiary/aromatic N) is 1. The molecular weight excluding hydrogens is 521 g/mol. The van der Waals surface area contributed by atoms with E-state index in [1.54, 1.807) is 12.1 Å². The summed E-state index contributed by atoms with van der Waals surface area (Å²) in [5.41, 5.74) is 3.43. The molecule has 5 nitrogen and oxygen atoms in total. The number of fused-ring (bicyclic) bond motifs is 1. The number of imidazole rings is 1. The topological polar surface area (TPSA) is 59.2 Å². The predicted molar refractivity (Wildman–Crippen MR) is 137 cm³/mol. The van der Waals surface area contributed by atoms with Crippen molar-refractivity contribution in [3.63, 3.8) is 0 Å². The van der Waals surface area contributed by atoms with E-state index in [2.05, 4.69) is 31.2 Å². The molecule has 0 unspecified atom stereocenters. The monoisotopic (exact) mass is 545 g/mol. The van der Waals surface area contributed by atoms with Gasteiger partial charge in [-0.1, -0.05) is 45.7 Å². The Bertz CT molecular complexity index is 1210. The molecule has 4 aromatic rings. The number of aromatic nitrogens is 2. The number of H-pyrrole nitrogens is 1. The first kappa shape index (κ1) is 24.5. The SMILES string of the molecule is CCOc1cc(CNCCCc2nc3ccccc3[nH]2)c(Br)cc1OCc1c(F)cccc1Cl. The lowest BCUT2D eigenvalue weighted by Gasteiger charge is -2.16. The van der Waals surface area contributed by atoms with E-state index in [1.165, 1.54) is 6.07 Å². The van der Waals surface area contributed by atoms with E-state index >= 15 is 0 Å². The molecule has 34 heavy (non-hydrogen) atoms. The van der Waals surface area contributed by atoms with Crippen LogP contribution in [0.25, 0.3) is 11.0 Å². The fraction of sp³-hybridized carbons (Fsp3) is 0.269. The molecule has 0 fully saturated rings. The number of halogens is 3. The van der Waals surface area contributed by atoms with Crippen molar-refractivity contribution in [2.24, 2.45) is 0 Å². The number of hydrogen-bond donors (Lipinski definition) is 2. The van der Waals surface area contributed by atoms with Gasteiger partial charge in [0, 0.05) is 23.0 Å². The van der Waals surface area contributed by atoms with Crippen molar-refractivity contribution in [2.75, 3.05) is 13.2 Å². The number of para-hydroxylation sites is 2. The molecule has 0 spiro atoms. The number of rotatable bonds is 11. The number of hydrogen-bond acceptors (Lipinski definition) is 4. The summed E-state index contributed by atoms with van der Waals surface area (Å²) in [7, 11) is 0. The second kappa shape index (κ2) is 11.7. The third-order valence-electron chi connectivity index (χ3n) is 5.37. The third kappa shape index (κ3) is 6.09. The Hall–Kier alpha value is -2.61. The van der Waals surface area contributed by atoms with Crippen LogP contribution in [0, 0.1) is 5.82 Å². The summed E-state index contributed by atoms with van der Waals surface area (Å²) in [5, 5.41) is 3.81. The molecule has 0 bridgehead atoms. The predicted octanol–water partition coefficient (Wildman–Crippen LogP) is 6.82. The summed E-state index contributed by atoms with van der Waals surface area (Å²) in [5.74, 6) is 1.74. The van der Waals surface area contributed by atoms with E-state index in [0.29, 0.717) is 35.2 Å². The number of aryl methyl sites for hydroxylation is 1. The summed E-state index contributed by atoms with van der Waals surface area (Å²) >= 11 is 9.74. The summed E-state index contributed by atoms with van der Waals surface area (Å²) < 4.78 is 26.6. The largest absolute Gasteiger partial charge is 0.490 e. The molecule has 1 heterocycles. The van der Waals surface area contributed by atoms with Crippen molar-refractivity contribution in [3.05, 3.63) is 86.9 Å². The fourth-order valence-corrected chi connectivity index (χ4v) is 4.32. The summed E-state index contributed by atoms with van der Waals surface area (Å²) in [4.78, 5) is 7.98. The minimum absolute atomic E-state index is 0.0113. The van der Waals surface area contributed by atoms with Crippen molar-refractivity contribution in [1.82, 2.24) is 15.3 Å². The fourth-order valence-electron chi connectivity index (χ4n) is 3.64. The Morgan fingerprint density at radius 1 is 1.09 bits per heavy atom. The van der Waals surface area contributed by atoms with Crippen LogP contribution in [0.2, 0.25) is 5.02 Å². The van der Waals surface area contributed by atoms with Crippen LogP contribution in [0.15, 0.2) is 59.1 Å². The smallest absolute Gasteiger partial charge is 0.162 e. The molecule has 1 aromatic heterocycles. The average Bonchev–Trinajstić information content (AvgIpc) is 3.24. The van der Waals surface area contributed by atoms with Crippen LogP contribution in [0.4, 0.5) is 4.39 Å². The Morgan fingerprint density at radius 3 is 2.71 bits per heavy atom. The van der Waals surface area contributed by atoms with Crippen molar-refractivity contribution in [1.29, 1.82) is 0 Å². The van der Waals surface area contributed by atoms with E-state index in [4.69, 9.17) is 21.1 Å². The van der Waals surface area contributed by atoms with Gasteiger partial charge in [-0.15, -0.1) is 0 Å². The van der Waals surface area contributed by atoms with Gasteiger partial charge in [0.25, 0.3) is 0 Å². The maximum absolute atomic E-state index is 14.1. The molecule has 0 aliphatic carbocycles. The summed E-state index contributed by atoms with van der Waals surface area (Å²) in [6.45, 7) is 3.92. The molecule has 0 amide bonds. The van der Waals surface area contributed by atoms with Crippen molar-refractivity contribution >= 4 is 38.6 Å². The van der Waals surface area contributed by atoms with Gasteiger partial charge in [0.05, 0.1) is 22.7 Å². The highest BCUT2D eigenvalue weighted by Gasteiger charge is 2.14. The molecule has 3 aromatic carbocycles. The number of nitrogens with one attached hydrogen (secondary N) is 2. The molecule has 0 radical (unpaired) electrons. The van der Waals surface area contributed by atoms with Gasteiger partial charge in [-0.3, -0.25) is 0 Å². The van der Waals surface area contributed by atoms with Gasteiger partial charge in [0.15, 0.2) is 11.5 Å². The lowest BCUT2D eigenvalue weighted by Crippen LogP contribution is -2.16. The summed E-state index contributed by atoms with van der Waals surface area (Å²) in [6, 6.07) is 16.4. The highest BCUT2D eigenvalue weighted by molar-refractivity contribution is 9.10. The van der Waals surface area contributed by atoms with E-state index in [9.17, 15) is 4.39 Å². The van der Waals surface area contributed by atoms with Crippen LogP contribution in [0.1, 0.15) is 30.3 Å². The minimum Gasteiger partial charge on any atom is -0.490 e. The summed E-state index contributed by atoms with van der Waals surface area (Å²) in [6.07, 6.45) is 1.83. The normalized spacial score (nSPS) is 11.2. The zero-order chi connectivity index (χ0) is 23.9. The van der Waals surface area contributed by atoms with E-state index < -0.39 is 5.82 Å². The van der Waals surface area contributed by atoms with E-state index in [-0.39, 0.29) is 6.61 Å². The molecule has 4 rings (SSSR count). The number of benzene rings is 3. The molecular formula is C26H26BrClFN3O2. The minimum atomic E-state index is -0.395. The molecule has 8 heteroatoms. The van der Waals surface area contributed by atoms with Crippen LogP contribution in [-0.2, 0) is 19.6 Å². The van der Waals surface area contributed by atoms with E-state index in [1.807, 2.05) is 43.3 Å². The first-order valence-corrected chi connectivity index (χ1v) is 12.4. The molecule has 0 saturated heterocycles. The Kier molecular flexibility index (Phi) is 8.43. The maximum Gasteiger partial charge on any atom is 0.162 e. The van der Waals surface area contributed by atoms with Crippen LogP contribution in [-0.4, -0.2) is 23.1 Å². The van der Waals surface area contributed by atoms with Crippen molar-refractivity contribution in [2.45, 2.75) is 32.9 Å². The molecule has 0 atom stereocenters. The average molecular weight is 547 g/mol. The highest BCUT2D eigenvalue weighted by atomic mass is 79.9. The Morgan fingerprint density at radius 2 is 1.91 bits per heavy atom. The second-order valence-electron chi connectivity index (χ2n) is 7.79. The van der Waals surface area contributed by atoms with Crippen LogP contribution < -0.4 is 14.8 Å². The number of aromatic amines is 1. The second-order valence-corrected chi connectivity index (χ2v) is 9.05. The van der Waals surface area contributed by atoms with Gasteiger partial charge in [-0.2, -0.15) is 0 Å². The maximum atomic E-state index is 14.1. The van der Waals surface area contributed by atoms with Gasteiger partial charge < -0.3 is 19.8 Å². The molecule has 2 N–H and O–H groups in total. The van der Waals surface area contributed by atoms with Crippen LogP contribution in [0.5, 0.6) is 11.5 Å². The first-order valence-electron chi connectivity index (χ1n) is 11.2. The van der Waals surface area contributed by atoms with Gasteiger partial charge in [-0.05, 0) is 61.9 Å². The quantitative estimate of drug-likeness (QED) is 0.203. The van der Waals surface area contributed by atoms with Gasteiger partial charge in [0.1, 0.15) is 18.2 Å². The van der Waals surface area contributed by atoms with Crippen LogP contribution in [0.3, 0.4) is 0 Å². The number of ether oxygens (including phenoxy) is 2. The van der Waals surface area contributed by atoms with Gasteiger partial charge >= 0.3 is 0 Å². The standard InChI is InChI=1S/C26H26BrClFN3O2/c1-2-33-24-13-17(15-30-12-6-11-26-31-22-9-3-4-10-23(22)32-26)19(27)14-25(24)34-16-18-20(28)7-5-8-21(18)29/h3-5,7-10,13-14,30H,2,6,11-12,15-16H2,1H3,(H,31,32). The first-order chi connectivity index (χ1) is 16.5. The Balaban J connectivity index is 1.33. The van der Waals surface area contributed by atoms with Crippen molar-refractivity contribution < 1.29 is 13.9 Å². The highest BCUT2D eigenvalue weighted by Crippen LogP contribution is 2.35.